The highest BCUT2D eigenvalue weighted by Gasteiger charge is 2.21. The molecule has 4 heteroatoms. The Morgan fingerprint density at radius 1 is 1.38 bits per heavy atom. The molecule has 1 unspecified atom stereocenters. The van der Waals surface area contributed by atoms with Crippen LogP contribution in [0.3, 0.4) is 0 Å². The molecule has 0 aromatic rings. The maximum Gasteiger partial charge on any atom is 0.251 e. The molecule has 1 atom stereocenters. The van der Waals surface area contributed by atoms with E-state index < -0.39 is 0 Å². The van der Waals surface area contributed by atoms with Gasteiger partial charge in [0.1, 0.15) is 6.10 Å². The van der Waals surface area contributed by atoms with Gasteiger partial charge in [-0.05, 0) is 13.3 Å². The zero-order valence-corrected chi connectivity index (χ0v) is 10.5. The normalized spacial score (nSPS) is 18.5. The zero-order chi connectivity index (χ0) is 11.8. The third-order valence-electron chi connectivity index (χ3n) is 2.89. The van der Waals surface area contributed by atoms with Crippen LogP contribution in [0.2, 0.25) is 0 Å². The average molecular weight is 228 g/mol. The molecule has 1 aliphatic heterocycles. The Morgan fingerprint density at radius 2 is 2.06 bits per heavy atom. The van der Waals surface area contributed by atoms with Crippen molar-refractivity contribution in [3.05, 3.63) is 0 Å². The van der Waals surface area contributed by atoms with Gasteiger partial charge < -0.3 is 15.0 Å². The van der Waals surface area contributed by atoms with Crippen molar-refractivity contribution < 1.29 is 9.53 Å². The average Bonchev–Trinajstić information content (AvgIpc) is 2.34. The van der Waals surface area contributed by atoms with Crippen molar-refractivity contribution in [1.29, 1.82) is 0 Å². The van der Waals surface area contributed by atoms with Crippen LogP contribution in [-0.2, 0) is 9.53 Å². The van der Waals surface area contributed by atoms with Crippen molar-refractivity contribution >= 4 is 5.91 Å². The molecule has 0 saturated carbocycles. The number of nitrogens with zero attached hydrogens (tertiary/aromatic N) is 1. The van der Waals surface area contributed by atoms with E-state index >= 15 is 0 Å². The van der Waals surface area contributed by atoms with Gasteiger partial charge >= 0.3 is 0 Å². The summed E-state index contributed by atoms with van der Waals surface area (Å²) in [6, 6.07) is 0. The predicted octanol–water partition coefficient (Wildman–Crippen LogP) is 1.01. The number of hydrogen-bond acceptors (Lipinski definition) is 3. The van der Waals surface area contributed by atoms with Gasteiger partial charge in [0.05, 0.1) is 0 Å². The molecule has 1 aliphatic rings. The number of unbranched alkanes of at least 4 members (excludes halogenated alkanes) is 2. The lowest BCUT2D eigenvalue weighted by Crippen LogP contribution is -2.49. The van der Waals surface area contributed by atoms with E-state index in [0.29, 0.717) is 6.61 Å². The van der Waals surface area contributed by atoms with Crippen molar-refractivity contribution in [3.8, 4) is 0 Å². The molecule has 1 rings (SSSR count). The van der Waals surface area contributed by atoms with Gasteiger partial charge in [-0.25, -0.2) is 0 Å². The lowest BCUT2D eigenvalue weighted by Gasteiger charge is -2.29. The number of hydrogen-bond donors (Lipinski definition) is 1. The summed E-state index contributed by atoms with van der Waals surface area (Å²) in [5.74, 6) is 0.137. The molecule has 0 spiro atoms. The van der Waals surface area contributed by atoms with Gasteiger partial charge in [-0.1, -0.05) is 19.8 Å². The molecule has 0 aromatic heterocycles. The third-order valence-corrected chi connectivity index (χ3v) is 2.89. The van der Waals surface area contributed by atoms with Crippen molar-refractivity contribution in [2.75, 3.05) is 32.8 Å². The minimum atomic E-state index is -0.282. The van der Waals surface area contributed by atoms with Gasteiger partial charge in [-0.15, -0.1) is 0 Å². The first-order valence-electron chi connectivity index (χ1n) is 6.36. The molecular formula is C12H24N2O2. The molecule has 16 heavy (non-hydrogen) atoms. The van der Waals surface area contributed by atoms with Crippen molar-refractivity contribution in [2.24, 2.45) is 0 Å². The van der Waals surface area contributed by atoms with Gasteiger partial charge in [-0.2, -0.15) is 0 Å². The van der Waals surface area contributed by atoms with Crippen LogP contribution in [0.1, 0.15) is 33.1 Å². The third kappa shape index (κ3) is 4.49. The van der Waals surface area contributed by atoms with Crippen LogP contribution in [0, 0.1) is 0 Å². The van der Waals surface area contributed by atoms with E-state index in [2.05, 4.69) is 12.2 Å². The number of ether oxygens (including phenoxy) is 1. The summed E-state index contributed by atoms with van der Waals surface area (Å²) in [5.41, 5.74) is 0. The summed E-state index contributed by atoms with van der Waals surface area (Å²) in [4.78, 5) is 13.8. The maximum absolute atomic E-state index is 11.9. The Labute approximate surface area is 98.3 Å². The first-order valence-corrected chi connectivity index (χ1v) is 6.36. The molecular weight excluding hydrogens is 204 g/mol. The fraction of sp³-hybridized carbons (Fsp3) is 0.917. The molecule has 0 radical (unpaired) electrons. The van der Waals surface area contributed by atoms with Gasteiger partial charge in [-0.3, -0.25) is 4.79 Å². The van der Waals surface area contributed by atoms with Crippen molar-refractivity contribution in [2.45, 2.75) is 39.2 Å². The highest BCUT2D eigenvalue weighted by molar-refractivity contribution is 5.80. The standard InChI is InChI=1S/C12H24N2O2/c1-3-4-5-10-16-11(2)12(15)14-8-6-13-7-9-14/h11,13H,3-10H2,1-2H3. The number of rotatable bonds is 6. The number of carbonyl (C=O) groups is 1. The highest BCUT2D eigenvalue weighted by atomic mass is 16.5. The summed E-state index contributed by atoms with van der Waals surface area (Å²) in [7, 11) is 0. The van der Waals surface area contributed by atoms with Crippen LogP contribution in [0.15, 0.2) is 0 Å². The summed E-state index contributed by atoms with van der Waals surface area (Å²) in [6.07, 6.45) is 3.13. The molecule has 0 bridgehead atoms. The van der Waals surface area contributed by atoms with Crippen LogP contribution < -0.4 is 5.32 Å². The van der Waals surface area contributed by atoms with Crippen LogP contribution in [-0.4, -0.2) is 49.7 Å². The molecule has 1 fully saturated rings. The van der Waals surface area contributed by atoms with Crippen molar-refractivity contribution in [3.63, 3.8) is 0 Å². The molecule has 94 valence electrons. The van der Waals surface area contributed by atoms with Crippen LogP contribution in [0.25, 0.3) is 0 Å². The second kappa shape index (κ2) is 7.63. The number of amides is 1. The van der Waals surface area contributed by atoms with Gasteiger partial charge in [0.2, 0.25) is 0 Å². The first-order chi connectivity index (χ1) is 7.75. The Morgan fingerprint density at radius 3 is 2.69 bits per heavy atom. The van der Waals surface area contributed by atoms with E-state index in [0.717, 1.165) is 32.6 Å². The van der Waals surface area contributed by atoms with E-state index in [1.807, 2.05) is 11.8 Å². The van der Waals surface area contributed by atoms with E-state index in [1.54, 1.807) is 0 Å². The van der Waals surface area contributed by atoms with E-state index in [1.165, 1.54) is 12.8 Å². The fourth-order valence-corrected chi connectivity index (χ4v) is 1.83. The number of carbonyl (C=O) groups excluding carboxylic acids is 1. The Bertz CT molecular complexity index is 203. The second-order valence-corrected chi connectivity index (χ2v) is 4.30. The topological polar surface area (TPSA) is 41.6 Å². The quantitative estimate of drug-likeness (QED) is 0.690. The molecule has 4 nitrogen and oxygen atoms in total. The lowest BCUT2D eigenvalue weighted by atomic mass is 10.2. The molecule has 0 aromatic carbocycles. The van der Waals surface area contributed by atoms with E-state index in [4.69, 9.17) is 4.74 Å². The van der Waals surface area contributed by atoms with Crippen LogP contribution >= 0.6 is 0 Å². The SMILES string of the molecule is CCCCCOC(C)C(=O)N1CCNCC1. The summed E-state index contributed by atoms with van der Waals surface area (Å²) >= 11 is 0. The number of nitrogens with one attached hydrogen (secondary N) is 1. The molecule has 1 N–H and O–H groups in total. The van der Waals surface area contributed by atoms with Crippen LogP contribution in [0.5, 0.6) is 0 Å². The molecule has 1 amide bonds. The number of piperazine rings is 1. The molecule has 0 aliphatic carbocycles. The largest absolute Gasteiger partial charge is 0.369 e. The molecule has 1 saturated heterocycles. The van der Waals surface area contributed by atoms with E-state index in [-0.39, 0.29) is 12.0 Å². The van der Waals surface area contributed by atoms with Gasteiger partial charge in [0, 0.05) is 32.8 Å². The fourth-order valence-electron chi connectivity index (χ4n) is 1.83. The van der Waals surface area contributed by atoms with Crippen LogP contribution in [0.4, 0.5) is 0 Å². The maximum atomic E-state index is 11.9. The summed E-state index contributed by atoms with van der Waals surface area (Å²) < 4.78 is 5.55. The monoisotopic (exact) mass is 228 g/mol. The van der Waals surface area contributed by atoms with Gasteiger partial charge in [0.15, 0.2) is 0 Å². The minimum absolute atomic E-state index is 0.137. The highest BCUT2D eigenvalue weighted by Crippen LogP contribution is 2.03. The molecule has 1 heterocycles. The minimum Gasteiger partial charge on any atom is -0.369 e. The Kier molecular flexibility index (Phi) is 6.42. The Balaban J connectivity index is 2.18. The predicted molar refractivity (Wildman–Crippen MR) is 64.4 cm³/mol. The first kappa shape index (κ1) is 13.5. The summed E-state index contributed by atoms with van der Waals surface area (Å²) in [5, 5.41) is 3.23. The van der Waals surface area contributed by atoms with Crippen molar-refractivity contribution in [1.82, 2.24) is 10.2 Å². The van der Waals surface area contributed by atoms with E-state index in [9.17, 15) is 4.79 Å². The van der Waals surface area contributed by atoms with Gasteiger partial charge in [0.25, 0.3) is 5.91 Å². The Hall–Kier alpha value is -0.610. The lowest BCUT2D eigenvalue weighted by molar-refractivity contribution is -0.143. The summed E-state index contributed by atoms with van der Waals surface area (Å²) in [6.45, 7) is 8.13. The zero-order valence-electron chi connectivity index (χ0n) is 10.5. The second-order valence-electron chi connectivity index (χ2n) is 4.30. The smallest absolute Gasteiger partial charge is 0.251 e.